The Morgan fingerprint density at radius 1 is 1.29 bits per heavy atom. The summed E-state index contributed by atoms with van der Waals surface area (Å²) in [5.41, 5.74) is 0. The number of nitrogens with one attached hydrogen (secondary N) is 1. The maximum absolute atomic E-state index is 10.7. The lowest BCUT2D eigenvalue weighted by molar-refractivity contribution is -0.132. The van der Waals surface area contributed by atoms with E-state index in [-0.39, 0.29) is 6.29 Å². The summed E-state index contributed by atoms with van der Waals surface area (Å²) in [5, 5.41) is 3.14. The number of rotatable bonds is 9. The van der Waals surface area contributed by atoms with Gasteiger partial charge in [-0.2, -0.15) is 0 Å². The molecule has 0 amide bonds. The predicted molar refractivity (Wildman–Crippen MR) is 58.8 cm³/mol. The largest absolute Gasteiger partial charge is 0.352 e. The Hall–Kier alpha value is 0.0300. The molecule has 0 aliphatic rings. The summed E-state index contributed by atoms with van der Waals surface area (Å²) in [6.07, 6.45) is 1.51. The van der Waals surface area contributed by atoms with Crippen LogP contribution in [0.4, 0.5) is 0 Å². The Kier molecular flexibility index (Phi) is 9.60. The third kappa shape index (κ3) is 8.62. The van der Waals surface area contributed by atoms with Gasteiger partial charge in [-0.05, 0) is 13.8 Å². The Labute approximate surface area is 88.8 Å². The molecular formula is C9H21NO3S. The van der Waals surface area contributed by atoms with Crippen molar-refractivity contribution in [3.8, 4) is 0 Å². The zero-order valence-electron chi connectivity index (χ0n) is 9.25. The van der Waals surface area contributed by atoms with E-state index < -0.39 is 10.8 Å². The first-order chi connectivity index (χ1) is 6.70. The lowest BCUT2D eigenvalue weighted by Gasteiger charge is -2.17. The molecule has 0 spiro atoms. The molecule has 0 aliphatic heterocycles. The fourth-order valence-electron chi connectivity index (χ4n) is 0.974. The molecule has 0 heterocycles. The third-order valence-corrected chi connectivity index (χ3v) is 2.36. The second kappa shape index (κ2) is 9.58. The van der Waals surface area contributed by atoms with E-state index in [1.807, 2.05) is 13.8 Å². The van der Waals surface area contributed by atoms with Gasteiger partial charge in [-0.1, -0.05) is 0 Å². The molecule has 0 aromatic heterocycles. The zero-order chi connectivity index (χ0) is 10.8. The van der Waals surface area contributed by atoms with Crippen LogP contribution in [0.5, 0.6) is 0 Å². The third-order valence-electron chi connectivity index (χ3n) is 1.58. The van der Waals surface area contributed by atoms with Gasteiger partial charge in [0.25, 0.3) is 0 Å². The summed E-state index contributed by atoms with van der Waals surface area (Å²) in [4.78, 5) is 0. The normalized spacial score (nSPS) is 13.4. The minimum atomic E-state index is -0.732. The lowest BCUT2D eigenvalue weighted by Crippen LogP contribution is -2.33. The van der Waals surface area contributed by atoms with Crippen LogP contribution >= 0.6 is 0 Å². The fourth-order valence-corrected chi connectivity index (χ4v) is 1.41. The van der Waals surface area contributed by atoms with Crippen molar-refractivity contribution in [3.63, 3.8) is 0 Å². The molecule has 0 saturated carbocycles. The molecule has 1 atom stereocenters. The molecule has 0 rings (SSSR count). The van der Waals surface area contributed by atoms with Gasteiger partial charge in [0.05, 0.1) is 0 Å². The van der Waals surface area contributed by atoms with Gasteiger partial charge in [-0.25, -0.2) is 0 Å². The molecule has 0 radical (unpaired) electrons. The maximum Gasteiger partial charge on any atom is 0.169 e. The second-order valence-electron chi connectivity index (χ2n) is 2.82. The van der Waals surface area contributed by atoms with Crippen molar-refractivity contribution in [3.05, 3.63) is 0 Å². The van der Waals surface area contributed by atoms with Crippen molar-refractivity contribution >= 4 is 10.8 Å². The molecular weight excluding hydrogens is 202 g/mol. The molecule has 0 fully saturated rings. The Balaban J connectivity index is 3.44. The number of hydrogen-bond donors (Lipinski definition) is 1. The summed E-state index contributed by atoms with van der Waals surface area (Å²) >= 11 is 0. The minimum Gasteiger partial charge on any atom is -0.352 e. The molecule has 14 heavy (non-hydrogen) atoms. The van der Waals surface area contributed by atoms with E-state index in [2.05, 4.69) is 5.32 Å². The number of hydrogen-bond acceptors (Lipinski definition) is 4. The van der Waals surface area contributed by atoms with Gasteiger partial charge in [-0.15, -0.1) is 0 Å². The average Bonchev–Trinajstić information content (AvgIpc) is 2.12. The van der Waals surface area contributed by atoms with Gasteiger partial charge in [0, 0.05) is 49.1 Å². The zero-order valence-corrected chi connectivity index (χ0v) is 10.1. The molecule has 1 unspecified atom stereocenters. The van der Waals surface area contributed by atoms with Gasteiger partial charge in [0.1, 0.15) is 0 Å². The van der Waals surface area contributed by atoms with E-state index in [0.717, 1.165) is 6.54 Å². The number of ether oxygens (including phenoxy) is 2. The highest BCUT2D eigenvalue weighted by molar-refractivity contribution is 7.84. The van der Waals surface area contributed by atoms with Crippen molar-refractivity contribution in [1.29, 1.82) is 0 Å². The van der Waals surface area contributed by atoms with E-state index in [1.54, 1.807) is 6.26 Å². The van der Waals surface area contributed by atoms with Crippen molar-refractivity contribution in [2.75, 3.05) is 38.3 Å². The quantitative estimate of drug-likeness (QED) is 0.453. The molecule has 1 N–H and O–H groups in total. The van der Waals surface area contributed by atoms with Crippen molar-refractivity contribution in [2.45, 2.75) is 20.1 Å². The molecule has 0 aromatic carbocycles. The highest BCUT2D eigenvalue weighted by atomic mass is 32.2. The topological polar surface area (TPSA) is 47.6 Å². The first-order valence-corrected chi connectivity index (χ1v) is 6.67. The van der Waals surface area contributed by atoms with E-state index in [0.29, 0.717) is 25.5 Å². The predicted octanol–water partition coefficient (Wildman–Crippen LogP) is 0.354. The minimum absolute atomic E-state index is 0.185. The van der Waals surface area contributed by atoms with Crippen LogP contribution in [-0.2, 0) is 20.3 Å². The van der Waals surface area contributed by atoms with Crippen LogP contribution in [0.15, 0.2) is 0 Å². The van der Waals surface area contributed by atoms with Gasteiger partial charge in [0.2, 0.25) is 0 Å². The van der Waals surface area contributed by atoms with Crippen LogP contribution in [0.3, 0.4) is 0 Å². The molecule has 0 aromatic rings. The highest BCUT2D eigenvalue weighted by Crippen LogP contribution is 1.92. The molecule has 0 bridgehead atoms. The van der Waals surface area contributed by atoms with Crippen LogP contribution in [0.2, 0.25) is 0 Å². The van der Waals surface area contributed by atoms with Crippen LogP contribution in [-0.4, -0.2) is 48.8 Å². The molecule has 0 aliphatic carbocycles. The van der Waals surface area contributed by atoms with E-state index in [4.69, 9.17) is 9.47 Å². The average molecular weight is 223 g/mol. The SMILES string of the molecule is CCOC(CNCCS(C)=O)OCC. The van der Waals surface area contributed by atoms with Gasteiger partial charge < -0.3 is 14.8 Å². The second-order valence-corrected chi connectivity index (χ2v) is 4.38. The summed E-state index contributed by atoms with van der Waals surface area (Å²) in [6, 6.07) is 0. The Morgan fingerprint density at radius 3 is 2.29 bits per heavy atom. The highest BCUT2D eigenvalue weighted by Gasteiger charge is 2.06. The van der Waals surface area contributed by atoms with Gasteiger partial charge >= 0.3 is 0 Å². The van der Waals surface area contributed by atoms with Gasteiger partial charge in [0.15, 0.2) is 6.29 Å². The van der Waals surface area contributed by atoms with Gasteiger partial charge in [-0.3, -0.25) is 4.21 Å². The fraction of sp³-hybridized carbons (Fsp3) is 1.00. The first kappa shape index (κ1) is 14.0. The molecule has 86 valence electrons. The smallest absolute Gasteiger partial charge is 0.169 e. The van der Waals surface area contributed by atoms with E-state index in [1.165, 1.54) is 0 Å². The van der Waals surface area contributed by atoms with Crippen molar-refractivity contribution in [2.24, 2.45) is 0 Å². The summed E-state index contributed by atoms with van der Waals surface area (Å²) in [6.45, 7) is 6.55. The van der Waals surface area contributed by atoms with Crippen molar-refractivity contribution < 1.29 is 13.7 Å². The first-order valence-electron chi connectivity index (χ1n) is 4.94. The van der Waals surface area contributed by atoms with E-state index >= 15 is 0 Å². The van der Waals surface area contributed by atoms with Crippen molar-refractivity contribution in [1.82, 2.24) is 5.32 Å². The summed E-state index contributed by atoms with van der Waals surface area (Å²) in [7, 11) is -0.732. The lowest BCUT2D eigenvalue weighted by atomic mass is 10.5. The maximum atomic E-state index is 10.7. The van der Waals surface area contributed by atoms with E-state index in [9.17, 15) is 4.21 Å². The van der Waals surface area contributed by atoms with Crippen LogP contribution < -0.4 is 5.32 Å². The summed E-state index contributed by atoms with van der Waals surface area (Å²) < 4.78 is 21.4. The molecule has 5 heteroatoms. The van der Waals surface area contributed by atoms with Crippen LogP contribution in [0, 0.1) is 0 Å². The summed E-state index contributed by atoms with van der Waals surface area (Å²) in [5.74, 6) is 0.672. The molecule has 0 saturated heterocycles. The Bertz CT molecular complexity index is 149. The standard InChI is InChI=1S/C9H21NO3S/c1-4-12-9(13-5-2)8-10-6-7-14(3)11/h9-10H,4-8H2,1-3H3. The molecule has 4 nitrogen and oxygen atoms in total. The van der Waals surface area contributed by atoms with Crippen LogP contribution in [0.1, 0.15) is 13.8 Å². The van der Waals surface area contributed by atoms with Crippen LogP contribution in [0.25, 0.3) is 0 Å². The monoisotopic (exact) mass is 223 g/mol. The Morgan fingerprint density at radius 2 is 1.86 bits per heavy atom.